The van der Waals surface area contributed by atoms with Gasteiger partial charge in [-0.15, -0.1) is 0 Å². The van der Waals surface area contributed by atoms with Crippen molar-refractivity contribution in [2.75, 3.05) is 36.4 Å². The van der Waals surface area contributed by atoms with Crippen LogP contribution in [0.25, 0.3) is 0 Å². The van der Waals surface area contributed by atoms with E-state index in [0.717, 1.165) is 24.3 Å². The molecule has 3 aromatic rings. The first kappa shape index (κ1) is 18.9. The number of para-hydroxylation sites is 1. The Kier molecular flexibility index (Phi) is 5.42. The molecule has 1 saturated heterocycles. The molecule has 6 heteroatoms. The normalized spacial score (nSPS) is 14.0. The van der Waals surface area contributed by atoms with Gasteiger partial charge in [-0.25, -0.2) is 9.97 Å². The predicted molar refractivity (Wildman–Crippen MR) is 116 cm³/mol. The van der Waals surface area contributed by atoms with Crippen LogP contribution in [-0.4, -0.2) is 47.0 Å². The number of hydrogen-bond donors (Lipinski definition) is 1. The first-order valence-electron chi connectivity index (χ1n) is 9.86. The third kappa shape index (κ3) is 4.37. The van der Waals surface area contributed by atoms with E-state index in [1.54, 1.807) is 12.4 Å². The molecule has 1 fully saturated rings. The van der Waals surface area contributed by atoms with E-state index in [0.29, 0.717) is 24.6 Å². The van der Waals surface area contributed by atoms with Gasteiger partial charge in [0.15, 0.2) is 0 Å². The quantitative estimate of drug-likeness (QED) is 0.738. The van der Waals surface area contributed by atoms with E-state index in [4.69, 9.17) is 0 Å². The fraction of sp³-hybridized carbons (Fsp3) is 0.261. The van der Waals surface area contributed by atoms with Crippen LogP contribution in [0.3, 0.4) is 0 Å². The van der Waals surface area contributed by atoms with Crippen LogP contribution in [0.1, 0.15) is 21.6 Å². The molecular weight excluding hydrogens is 362 g/mol. The summed E-state index contributed by atoms with van der Waals surface area (Å²) < 4.78 is 0. The molecular formula is C23H25N5O. The number of aromatic nitrogens is 2. The van der Waals surface area contributed by atoms with Crippen LogP contribution in [0, 0.1) is 13.8 Å². The van der Waals surface area contributed by atoms with Crippen molar-refractivity contribution >= 4 is 23.1 Å². The minimum atomic E-state index is -0.0664. The highest BCUT2D eigenvalue weighted by atomic mass is 16.2. The molecule has 1 N–H and O–H groups in total. The second-order valence-electron chi connectivity index (χ2n) is 7.35. The highest BCUT2D eigenvalue weighted by Gasteiger charge is 2.23. The number of nitrogens with one attached hydrogen (secondary N) is 1. The summed E-state index contributed by atoms with van der Waals surface area (Å²) >= 11 is 0. The zero-order chi connectivity index (χ0) is 20.2. The maximum Gasteiger partial charge on any atom is 0.274 e. The van der Waals surface area contributed by atoms with E-state index in [9.17, 15) is 4.79 Å². The van der Waals surface area contributed by atoms with Crippen LogP contribution >= 0.6 is 0 Å². The zero-order valence-electron chi connectivity index (χ0n) is 16.8. The minimum absolute atomic E-state index is 0.0664. The maximum atomic E-state index is 12.8. The maximum absolute atomic E-state index is 12.8. The summed E-state index contributed by atoms with van der Waals surface area (Å²) in [6, 6.07) is 16.5. The molecule has 0 atom stereocenters. The molecule has 0 saturated carbocycles. The van der Waals surface area contributed by atoms with E-state index in [1.165, 1.54) is 11.3 Å². The zero-order valence-corrected chi connectivity index (χ0v) is 16.8. The molecule has 148 valence electrons. The lowest BCUT2D eigenvalue weighted by Crippen LogP contribution is -2.49. The van der Waals surface area contributed by atoms with E-state index in [1.807, 2.05) is 29.2 Å². The third-order valence-electron chi connectivity index (χ3n) is 5.20. The molecule has 0 spiro atoms. The van der Waals surface area contributed by atoms with Crippen molar-refractivity contribution in [3.05, 3.63) is 77.7 Å². The van der Waals surface area contributed by atoms with Crippen molar-refractivity contribution in [2.24, 2.45) is 0 Å². The molecule has 0 radical (unpaired) electrons. The average molecular weight is 387 g/mol. The Hall–Kier alpha value is -3.41. The monoisotopic (exact) mass is 387 g/mol. The van der Waals surface area contributed by atoms with Crippen LogP contribution in [0.5, 0.6) is 0 Å². The average Bonchev–Trinajstić information content (AvgIpc) is 2.76. The van der Waals surface area contributed by atoms with Gasteiger partial charge in [-0.05, 0) is 37.6 Å². The number of carbonyl (C=O) groups is 1. The van der Waals surface area contributed by atoms with Crippen LogP contribution in [-0.2, 0) is 0 Å². The molecule has 1 aliphatic rings. The van der Waals surface area contributed by atoms with E-state index in [2.05, 4.69) is 58.3 Å². The number of nitrogens with zero attached hydrogens (tertiary/aromatic N) is 4. The molecule has 29 heavy (non-hydrogen) atoms. The fourth-order valence-electron chi connectivity index (χ4n) is 3.56. The number of rotatable bonds is 4. The number of benzene rings is 2. The van der Waals surface area contributed by atoms with Gasteiger partial charge in [0.1, 0.15) is 11.5 Å². The molecule has 2 heterocycles. The Morgan fingerprint density at radius 1 is 0.931 bits per heavy atom. The lowest BCUT2D eigenvalue weighted by Gasteiger charge is -2.35. The van der Waals surface area contributed by atoms with E-state index >= 15 is 0 Å². The van der Waals surface area contributed by atoms with Crippen LogP contribution in [0.4, 0.5) is 17.2 Å². The molecule has 1 aliphatic heterocycles. The topological polar surface area (TPSA) is 61.4 Å². The van der Waals surface area contributed by atoms with Crippen molar-refractivity contribution in [3.8, 4) is 0 Å². The predicted octanol–water partition coefficient (Wildman–Crippen LogP) is 3.80. The highest BCUT2D eigenvalue weighted by molar-refractivity contribution is 5.92. The van der Waals surface area contributed by atoms with Crippen molar-refractivity contribution < 1.29 is 4.79 Å². The van der Waals surface area contributed by atoms with Crippen molar-refractivity contribution in [2.45, 2.75) is 13.8 Å². The molecule has 0 unspecified atom stereocenters. The lowest BCUT2D eigenvalue weighted by atomic mass is 10.1. The van der Waals surface area contributed by atoms with Crippen molar-refractivity contribution in [3.63, 3.8) is 0 Å². The van der Waals surface area contributed by atoms with Gasteiger partial charge in [0.2, 0.25) is 0 Å². The Labute approximate surface area is 171 Å². The summed E-state index contributed by atoms with van der Waals surface area (Å²) in [5.41, 5.74) is 4.92. The Morgan fingerprint density at radius 2 is 1.69 bits per heavy atom. The Balaban J connectivity index is 1.37. The number of hydrogen-bond acceptors (Lipinski definition) is 5. The minimum Gasteiger partial charge on any atom is -0.368 e. The molecule has 1 aromatic heterocycles. The Bertz CT molecular complexity index is 980. The van der Waals surface area contributed by atoms with E-state index in [-0.39, 0.29) is 5.91 Å². The first-order chi connectivity index (χ1) is 14.1. The van der Waals surface area contributed by atoms with Gasteiger partial charge < -0.3 is 15.1 Å². The SMILES string of the molecule is Cc1ccc(Nc2cnc(C(=O)N3CCN(c4ccccc4)CC3)cn2)c(C)c1. The van der Waals surface area contributed by atoms with E-state index < -0.39 is 0 Å². The lowest BCUT2D eigenvalue weighted by molar-refractivity contribution is 0.0740. The fourth-order valence-corrected chi connectivity index (χ4v) is 3.56. The summed E-state index contributed by atoms with van der Waals surface area (Å²) in [5.74, 6) is 0.561. The van der Waals surface area contributed by atoms with Crippen molar-refractivity contribution in [1.29, 1.82) is 0 Å². The van der Waals surface area contributed by atoms with Gasteiger partial charge in [0.05, 0.1) is 12.4 Å². The summed E-state index contributed by atoms with van der Waals surface area (Å²) in [7, 11) is 0. The third-order valence-corrected chi connectivity index (χ3v) is 5.20. The number of carbonyl (C=O) groups excluding carboxylic acids is 1. The van der Waals surface area contributed by atoms with Gasteiger partial charge in [-0.2, -0.15) is 0 Å². The number of piperazine rings is 1. The standard InChI is InChI=1S/C23H25N5O/c1-17-8-9-20(18(2)14-17)26-22-16-24-21(15-25-22)23(29)28-12-10-27(11-13-28)19-6-4-3-5-7-19/h3-9,14-16H,10-13H2,1-2H3,(H,25,26). The summed E-state index contributed by atoms with van der Waals surface area (Å²) in [4.78, 5) is 25.7. The van der Waals surface area contributed by atoms with Gasteiger partial charge in [0, 0.05) is 37.6 Å². The Morgan fingerprint density at radius 3 is 2.34 bits per heavy atom. The molecule has 0 aliphatic carbocycles. The van der Waals surface area contributed by atoms with Crippen LogP contribution in [0.2, 0.25) is 0 Å². The molecule has 2 aromatic carbocycles. The second-order valence-corrected chi connectivity index (χ2v) is 7.35. The second kappa shape index (κ2) is 8.31. The van der Waals surface area contributed by atoms with Crippen LogP contribution < -0.4 is 10.2 Å². The summed E-state index contributed by atoms with van der Waals surface area (Å²) in [5, 5.41) is 3.26. The van der Waals surface area contributed by atoms with Gasteiger partial charge in [-0.1, -0.05) is 35.9 Å². The largest absolute Gasteiger partial charge is 0.368 e. The summed E-state index contributed by atoms with van der Waals surface area (Å²) in [6.45, 7) is 7.10. The highest BCUT2D eigenvalue weighted by Crippen LogP contribution is 2.20. The smallest absolute Gasteiger partial charge is 0.274 e. The first-order valence-corrected chi connectivity index (χ1v) is 9.86. The molecule has 6 nitrogen and oxygen atoms in total. The number of aryl methyl sites for hydroxylation is 2. The number of amides is 1. The summed E-state index contributed by atoms with van der Waals surface area (Å²) in [6.07, 6.45) is 3.17. The van der Waals surface area contributed by atoms with Gasteiger partial charge in [-0.3, -0.25) is 4.79 Å². The molecule has 1 amide bonds. The van der Waals surface area contributed by atoms with Gasteiger partial charge >= 0.3 is 0 Å². The molecule has 0 bridgehead atoms. The van der Waals surface area contributed by atoms with Crippen molar-refractivity contribution in [1.82, 2.24) is 14.9 Å². The van der Waals surface area contributed by atoms with Gasteiger partial charge in [0.25, 0.3) is 5.91 Å². The van der Waals surface area contributed by atoms with Crippen LogP contribution in [0.15, 0.2) is 60.9 Å². The molecule has 4 rings (SSSR count). The number of anilines is 3.